The Balaban J connectivity index is 1.49. The van der Waals surface area contributed by atoms with Gasteiger partial charge in [-0.1, -0.05) is 23.7 Å². The Bertz CT molecular complexity index is 995. The summed E-state index contributed by atoms with van der Waals surface area (Å²) in [5.41, 5.74) is 3.22. The van der Waals surface area contributed by atoms with Crippen molar-refractivity contribution < 1.29 is 28.7 Å². The number of carbonyl (C=O) groups excluding carboxylic acids is 4. The average molecular weight is 446 g/mol. The minimum atomic E-state index is -0.794. The summed E-state index contributed by atoms with van der Waals surface area (Å²) in [7, 11) is 1.47. The van der Waals surface area contributed by atoms with Crippen LogP contribution in [-0.2, 0) is 19.1 Å². The predicted molar refractivity (Wildman–Crippen MR) is 111 cm³/mol. The zero-order valence-corrected chi connectivity index (χ0v) is 17.3. The van der Waals surface area contributed by atoms with Gasteiger partial charge in [0.15, 0.2) is 6.61 Å². The van der Waals surface area contributed by atoms with E-state index in [2.05, 4.69) is 10.7 Å². The lowest BCUT2D eigenvalue weighted by Crippen LogP contribution is -2.43. The van der Waals surface area contributed by atoms with Crippen molar-refractivity contribution in [2.24, 2.45) is 5.92 Å². The lowest BCUT2D eigenvalue weighted by Gasteiger charge is -2.17. The maximum Gasteiger partial charge on any atom is 0.311 e. The van der Waals surface area contributed by atoms with Gasteiger partial charge in [0, 0.05) is 17.0 Å². The number of rotatable bonds is 7. The van der Waals surface area contributed by atoms with E-state index in [1.54, 1.807) is 36.4 Å². The third-order valence-electron chi connectivity index (χ3n) is 4.53. The predicted octanol–water partition coefficient (Wildman–Crippen LogP) is 2.02. The summed E-state index contributed by atoms with van der Waals surface area (Å²) in [4.78, 5) is 48.7. The molecular weight excluding hydrogens is 426 g/mol. The largest absolute Gasteiger partial charge is 0.495 e. The molecule has 0 radical (unpaired) electrons. The fraction of sp³-hybridized carbons (Fsp3) is 0.238. The van der Waals surface area contributed by atoms with Crippen LogP contribution in [0.1, 0.15) is 16.8 Å². The lowest BCUT2D eigenvalue weighted by molar-refractivity contribution is -0.151. The molecule has 0 unspecified atom stereocenters. The molecule has 1 aliphatic heterocycles. The van der Waals surface area contributed by atoms with Gasteiger partial charge in [-0.2, -0.15) is 0 Å². The van der Waals surface area contributed by atoms with E-state index < -0.39 is 36.2 Å². The van der Waals surface area contributed by atoms with Crippen LogP contribution in [0.25, 0.3) is 0 Å². The molecule has 0 aromatic heterocycles. The maximum absolute atomic E-state index is 12.3. The van der Waals surface area contributed by atoms with Gasteiger partial charge in [0.2, 0.25) is 5.91 Å². The fourth-order valence-electron chi connectivity index (χ4n) is 2.95. The fourth-order valence-corrected chi connectivity index (χ4v) is 3.08. The summed E-state index contributed by atoms with van der Waals surface area (Å²) < 4.78 is 10.2. The standard InChI is InChI=1S/C21H20ClN3O6/c1-30-17-5-3-2-4-16(17)23-18(26)12-31-21(29)14-10-19(27)25(11-14)24-20(28)13-6-8-15(22)9-7-13/h2-9,14H,10-12H2,1H3,(H,23,26)(H,24,28)/t14-/m0/s1. The van der Waals surface area contributed by atoms with Crippen LogP contribution in [0.15, 0.2) is 48.5 Å². The van der Waals surface area contributed by atoms with E-state index in [0.717, 1.165) is 5.01 Å². The second-order valence-electron chi connectivity index (χ2n) is 6.71. The normalized spacial score (nSPS) is 15.4. The number of anilines is 1. The van der Waals surface area contributed by atoms with Gasteiger partial charge in [0.05, 0.1) is 25.3 Å². The topological polar surface area (TPSA) is 114 Å². The molecule has 2 aromatic rings. The van der Waals surface area contributed by atoms with Crippen LogP contribution in [0.5, 0.6) is 5.75 Å². The van der Waals surface area contributed by atoms with Crippen LogP contribution in [0.3, 0.4) is 0 Å². The van der Waals surface area contributed by atoms with Crippen LogP contribution >= 0.6 is 11.6 Å². The highest BCUT2D eigenvalue weighted by Gasteiger charge is 2.36. The van der Waals surface area contributed by atoms with Gasteiger partial charge in [-0.25, -0.2) is 0 Å². The van der Waals surface area contributed by atoms with E-state index in [1.165, 1.54) is 19.2 Å². The molecule has 3 amide bonds. The van der Waals surface area contributed by atoms with E-state index >= 15 is 0 Å². The van der Waals surface area contributed by atoms with E-state index in [-0.39, 0.29) is 13.0 Å². The van der Waals surface area contributed by atoms with Crippen LogP contribution in [0.2, 0.25) is 5.02 Å². The van der Waals surface area contributed by atoms with Gasteiger partial charge in [0.1, 0.15) is 5.75 Å². The molecule has 1 aliphatic rings. The molecule has 10 heteroatoms. The highest BCUT2D eigenvalue weighted by atomic mass is 35.5. The number of hydrogen-bond acceptors (Lipinski definition) is 6. The van der Waals surface area contributed by atoms with Gasteiger partial charge in [0.25, 0.3) is 11.8 Å². The first-order valence-corrected chi connectivity index (χ1v) is 9.71. The van der Waals surface area contributed by atoms with Crippen molar-refractivity contribution in [3.05, 3.63) is 59.1 Å². The Kier molecular flexibility index (Phi) is 7.09. The zero-order valence-electron chi connectivity index (χ0n) is 16.6. The van der Waals surface area contributed by atoms with Crippen LogP contribution in [-0.4, -0.2) is 49.0 Å². The number of hydrogen-bond donors (Lipinski definition) is 2. The van der Waals surface area contributed by atoms with E-state index in [9.17, 15) is 19.2 Å². The SMILES string of the molecule is COc1ccccc1NC(=O)COC(=O)[C@H]1CC(=O)N(NC(=O)c2ccc(Cl)cc2)C1. The van der Waals surface area contributed by atoms with Crippen molar-refractivity contribution in [3.8, 4) is 5.75 Å². The molecule has 9 nitrogen and oxygen atoms in total. The van der Waals surface area contributed by atoms with Crippen LogP contribution < -0.4 is 15.5 Å². The summed E-state index contributed by atoms with van der Waals surface area (Å²) in [5.74, 6) is -2.51. The molecule has 1 heterocycles. The molecule has 31 heavy (non-hydrogen) atoms. The Labute approximate surface area is 183 Å². The Morgan fingerprint density at radius 1 is 1.13 bits per heavy atom. The van der Waals surface area contributed by atoms with Gasteiger partial charge in [-0.15, -0.1) is 0 Å². The molecule has 2 N–H and O–H groups in total. The number of amides is 3. The molecule has 0 bridgehead atoms. The lowest BCUT2D eigenvalue weighted by atomic mass is 10.1. The monoisotopic (exact) mass is 445 g/mol. The minimum absolute atomic E-state index is 0.0505. The Morgan fingerprint density at radius 2 is 1.84 bits per heavy atom. The summed E-state index contributed by atoms with van der Waals surface area (Å²) in [5, 5.41) is 4.13. The first kappa shape index (κ1) is 22.1. The number of halogens is 1. The highest BCUT2D eigenvalue weighted by Crippen LogP contribution is 2.23. The molecule has 0 spiro atoms. The number of benzene rings is 2. The molecule has 0 saturated carbocycles. The molecule has 2 aromatic carbocycles. The van der Waals surface area contributed by atoms with Gasteiger partial charge < -0.3 is 14.8 Å². The Morgan fingerprint density at radius 3 is 2.55 bits per heavy atom. The smallest absolute Gasteiger partial charge is 0.311 e. The number of methoxy groups -OCH3 is 1. The summed E-state index contributed by atoms with van der Waals surface area (Å²) in [6, 6.07) is 12.9. The van der Waals surface area contributed by atoms with Crippen molar-refractivity contribution in [3.63, 3.8) is 0 Å². The number of para-hydroxylation sites is 2. The maximum atomic E-state index is 12.3. The number of carbonyl (C=O) groups is 4. The molecule has 1 atom stereocenters. The van der Waals surface area contributed by atoms with E-state index in [4.69, 9.17) is 21.1 Å². The Hall–Kier alpha value is -3.59. The first-order chi connectivity index (χ1) is 14.9. The summed E-state index contributed by atoms with van der Waals surface area (Å²) in [6.45, 7) is -0.566. The molecular formula is C21H20ClN3O6. The van der Waals surface area contributed by atoms with Gasteiger partial charge in [-0.3, -0.25) is 29.6 Å². The molecule has 1 saturated heterocycles. The van der Waals surface area contributed by atoms with Gasteiger partial charge >= 0.3 is 5.97 Å². The number of hydrazine groups is 1. The number of nitrogens with zero attached hydrogens (tertiary/aromatic N) is 1. The quantitative estimate of drug-likeness (QED) is 0.630. The van der Waals surface area contributed by atoms with Crippen molar-refractivity contribution in [1.82, 2.24) is 10.4 Å². The molecule has 1 fully saturated rings. The van der Waals surface area contributed by atoms with E-state index in [0.29, 0.717) is 22.0 Å². The number of esters is 1. The van der Waals surface area contributed by atoms with Crippen molar-refractivity contribution >= 4 is 41.0 Å². The van der Waals surface area contributed by atoms with Crippen molar-refractivity contribution in [1.29, 1.82) is 0 Å². The third-order valence-corrected chi connectivity index (χ3v) is 4.78. The van der Waals surface area contributed by atoms with E-state index in [1.807, 2.05) is 0 Å². The molecule has 3 rings (SSSR count). The highest BCUT2D eigenvalue weighted by molar-refractivity contribution is 6.30. The van der Waals surface area contributed by atoms with Crippen molar-refractivity contribution in [2.45, 2.75) is 6.42 Å². The number of nitrogens with one attached hydrogen (secondary N) is 2. The van der Waals surface area contributed by atoms with Crippen LogP contribution in [0.4, 0.5) is 5.69 Å². The summed E-state index contributed by atoms with van der Waals surface area (Å²) in [6.07, 6.45) is -0.131. The molecule has 0 aliphatic carbocycles. The summed E-state index contributed by atoms with van der Waals surface area (Å²) >= 11 is 5.79. The van der Waals surface area contributed by atoms with Gasteiger partial charge in [-0.05, 0) is 36.4 Å². The average Bonchev–Trinajstić information content (AvgIpc) is 3.13. The third kappa shape index (κ3) is 5.73. The first-order valence-electron chi connectivity index (χ1n) is 9.34. The molecule has 162 valence electrons. The minimum Gasteiger partial charge on any atom is -0.495 e. The second kappa shape index (κ2) is 9.94. The van der Waals surface area contributed by atoms with Crippen molar-refractivity contribution in [2.75, 3.05) is 25.6 Å². The van der Waals surface area contributed by atoms with Crippen LogP contribution in [0, 0.1) is 5.92 Å². The number of ether oxygens (including phenoxy) is 2. The second-order valence-corrected chi connectivity index (χ2v) is 7.15. The zero-order chi connectivity index (χ0) is 22.4.